The lowest BCUT2D eigenvalue weighted by Gasteiger charge is -2.15. The van der Waals surface area contributed by atoms with Crippen molar-refractivity contribution in [1.29, 1.82) is 0 Å². The third-order valence-electron chi connectivity index (χ3n) is 3.09. The van der Waals surface area contributed by atoms with Crippen LogP contribution in [0, 0.1) is 0 Å². The maximum atomic E-state index is 12.2. The molecule has 2 aliphatic heterocycles. The van der Waals surface area contributed by atoms with Crippen LogP contribution in [-0.4, -0.2) is 41.6 Å². The highest BCUT2D eigenvalue weighted by atomic mass is 32.2. The lowest BCUT2D eigenvalue weighted by atomic mass is 10.3. The van der Waals surface area contributed by atoms with E-state index in [1.165, 1.54) is 16.7 Å². The molecule has 0 aliphatic carbocycles. The van der Waals surface area contributed by atoms with Crippen molar-refractivity contribution in [1.82, 2.24) is 4.90 Å². The van der Waals surface area contributed by atoms with Gasteiger partial charge in [-0.3, -0.25) is 4.79 Å². The average molecular weight is 264 g/mol. The van der Waals surface area contributed by atoms with Crippen molar-refractivity contribution < 1.29 is 14.3 Å². The van der Waals surface area contributed by atoms with Crippen molar-refractivity contribution >= 4 is 29.4 Å². The Bertz CT molecular complexity index is 481. The third-order valence-corrected chi connectivity index (χ3v) is 4.28. The molecule has 1 atom stereocenters. The van der Waals surface area contributed by atoms with Gasteiger partial charge < -0.3 is 9.64 Å². The Morgan fingerprint density at radius 2 is 2.00 bits per heavy atom. The Hall–Kier alpha value is -1.69. The predicted molar refractivity (Wildman–Crippen MR) is 68.8 cm³/mol. The van der Waals surface area contributed by atoms with Crippen LogP contribution in [0.5, 0.6) is 5.75 Å². The van der Waals surface area contributed by atoms with E-state index in [0.717, 1.165) is 5.75 Å². The van der Waals surface area contributed by atoms with Gasteiger partial charge in [-0.2, -0.15) is 0 Å². The monoisotopic (exact) mass is 264 g/mol. The first-order chi connectivity index (χ1) is 8.72. The number of ether oxygens (including phenoxy) is 1. The van der Waals surface area contributed by atoms with E-state index >= 15 is 0 Å². The van der Waals surface area contributed by atoms with Gasteiger partial charge in [0.15, 0.2) is 5.37 Å². The second kappa shape index (κ2) is 4.20. The number of thioether (sulfide) groups is 1. The van der Waals surface area contributed by atoms with Crippen LogP contribution in [0.1, 0.15) is 0 Å². The normalized spacial score (nSPS) is 22.6. The fourth-order valence-corrected chi connectivity index (χ4v) is 3.32. The van der Waals surface area contributed by atoms with E-state index in [1.54, 1.807) is 36.3 Å². The minimum absolute atomic E-state index is 0.146. The first-order valence-electron chi connectivity index (χ1n) is 5.62. The molecule has 2 saturated heterocycles. The Balaban J connectivity index is 1.92. The van der Waals surface area contributed by atoms with Gasteiger partial charge in [0.05, 0.1) is 12.8 Å². The number of amides is 3. The molecule has 2 heterocycles. The molecule has 0 spiro atoms. The second-order valence-corrected chi connectivity index (χ2v) is 5.26. The highest BCUT2D eigenvalue weighted by Crippen LogP contribution is 2.35. The first-order valence-corrected chi connectivity index (χ1v) is 6.67. The predicted octanol–water partition coefficient (Wildman–Crippen LogP) is 1.54. The molecular weight excluding hydrogens is 252 g/mol. The second-order valence-electron chi connectivity index (χ2n) is 4.07. The average Bonchev–Trinajstić information content (AvgIpc) is 2.95. The number of urea groups is 1. The van der Waals surface area contributed by atoms with E-state index in [1.807, 2.05) is 0 Å². The number of imide groups is 1. The summed E-state index contributed by atoms with van der Waals surface area (Å²) in [7, 11) is 1.58. The molecule has 1 unspecified atom stereocenters. The van der Waals surface area contributed by atoms with Gasteiger partial charge in [-0.05, 0) is 24.3 Å². The van der Waals surface area contributed by atoms with Crippen molar-refractivity contribution in [3.05, 3.63) is 24.3 Å². The van der Waals surface area contributed by atoms with Crippen molar-refractivity contribution in [3.8, 4) is 5.75 Å². The van der Waals surface area contributed by atoms with E-state index in [0.29, 0.717) is 18.0 Å². The Labute approximate surface area is 109 Å². The Morgan fingerprint density at radius 1 is 1.28 bits per heavy atom. The molecule has 18 heavy (non-hydrogen) atoms. The maximum Gasteiger partial charge on any atom is 0.332 e. The van der Waals surface area contributed by atoms with E-state index in [2.05, 4.69) is 0 Å². The molecule has 3 amide bonds. The lowest BCUT2D eigenvalue weighted by Crippen LogP contribution is -2.33. The third kappa shape index (κ3) is 1.56. The molecular formula is C12H12N2O3S. The summed E-state index contributed by atoms with van der Waals surface area (Å²) >= 11 is 1.52. The van der Waals surface area contributed by atoms with Gasteiger partial charge in [-0.1, -0.05) is 0 Å². The highest BCUT2D eigenvalue weighted by Gasteiger charge is 2.48. The summed E-state index contributed by atoms with van der Waals surface area (Å²) in [6, 6.07) is 6.71. The molecule has 0 saturated carbocycles. The van der Waals surface area contributed by atoms with Crippen LogP contribution >= 0.6 is 11.8 Å². The number of methoxy groups -OCH3 is 1. The largest absolute Gasteiger partial charge is 0.497 e. The molecule has 0 aromatic heterocycles. The number of anilines is 1. The molecule has 3 rings (SSSR count). The van der Waals surface area contributed by atoms with Gasteiger partial charge in [-0.25, -0.2) is 9.69 Å². The van der Waals surface area contributed by atoms with E-state index in [4.69, 9.17) is 4.74 Å². The quantitative estimate of drug-likeness (QED) is 0.760. The number of hydrogen-bond acceptors (Lipinski definition) is 4. The summed E-state index contributed by atoms with van der Waals surface area (Å²) in [5, 5.41) is -0.334. The summed E-state index contributed by atoms with van der Waals surface area (Å²) in [5.74, 6) is 1.39. The van der Waals surface area contributed by atoms with Crippen LogP contribution < -0.4 is 9.64 Å². The first kappa shape index (κ1) is 11.4. The fraction of sp³-hybridized carbons (Fsp3) is 0.333. The number of carbonyl (C=O) groups is 2. The minimum atomic E-state index is -0.334. The van der Waals surface area contributed by atoms with Crippen molar-refractivity contribution in [2.24, 2.45) is 0 Å². The number of fused-ring (bicyclic) bond motifs is 1. The Morgan fingerprint density at radius 3 is 2.61 bits per heavy atom. The standard InChI is InChI=1S/C12H12N2O3S/c1-17-9-4-2-8(3-5-9)14-10(15)11-13(12(14)16)6-7-18-11/h2-5,11H,6-7H2,1H3. The summed E-state index contributed by atoms with van der Waals surface area (Å²) in [6.07, 6.45) is 0. The van der Waals surface area contributed by atoms with Gasteiger partial charge in [0.25, 0.3) is 5.91 Å². The number of carbonyl (C=O) groups excluding carboxylic acids is 2. The van der Waals surface area contributed by atoms with Crippen LogP contribution in [0.4, 0.5) is 10.5 Å². The topological polar surface area (TPSA) is 49.9 Å². The van der Waals surface area contributed by atoms with E-state index < -0.39 is 0 Å². The molecule has 5 nitrogen and oxygen atoms in total. The van der Waals surface area contributed by atoms with Crippen LogP contribution in [0.2, 0.25) is 0 Å². The van der Waals surface area contributed by atoms with Gasteiger partial charge in [0, 0.05) is 12.3 Å². The molecule has 1 aromatic rings. The van der Waals surface area contributed by atoms with Crippen LogP contribution in [0.25, 0.3) is 0 Å². The van der Waals surface area contributed by atoms with Crippen molar-refractivity contribution in [2.75, 3.05) is 24.3 Å². The van der Waals surface area contributed by atoms with Gasteiger partial charge in [0.1, 0.15) is 5.75 Å². The summed E-state index contributed by atoms with van der Waals surface area (Å²) in [5.41, 5.74) is 0.598. The molecule has 94 valence electrons. The van der Waals surface area contributed by atoms with E-state index in [9.17, 15) is 9.59 Å². The fourth-order valence-electron chi connectivity index (χ4n) is 2.17. The zero-order valence-electron chi connectivity index (χ0n) is 9.83. The van der Waals surface area contributed by atoms with Gasteiger partial charge >= 0.3 is 6.03 Å². The van der Waals surface area contributed by atoms with Crippen molar-refractivity contribution in [3.63, 3.8) is 0 Å². The molecule has 6 heteroatoms. The molecule has 0 bridgehead atoms. The molecule has 2 fully saturated rings. The van der Waals surface area contributed by atoms with Crippen LogP contribution in [0.3, 0.4) is 0 Å². The highest BCUT2D eigenvalue weighted by molar-refractivity contribution is 8.00. The van der Waals surface area contributed by atoms with Crippen molar-refractivity contribution in [2.45, 2.75) is 5.37 Å². The molecule has 0 N–H and O–H groups in total. The van der Waals surface area contributed by atoms with Crippen LogP contribution in [0.15, 0.2) is 24.3 Å². The number of hydrogen-bond donors (Lipinski definition) is 0. The zero-order chi connectivity index (χ0) is 12.7. The lowest BCUT2D eigenvalue weighted by molar-refractivity contribution is -0.117. The SMILES string of the molecule is COc1ccc(N2C(=O)C3SCCN3C2=O)cc1. The number of rotatable bonds is 2. The summed E-state index contributed by atoms with van der Waals surface area (Å²) in [6.45, 7) is 0.645. The summed E-state index contributed by atoms with van der Waals surface area (Å²) in [4.78, 5) is 27.2. The summed E-state index contributed by atoms with van der Waals surface area (Å²) < 4.78 is 5.06. The molecule has 2 aliphatic rings. The minimum Gasteiger partial charge on any atom is -0.497 e. The van der Waals surface area contributed by atoms with Gasteiger partial charge in [0.2, 0.25) is 0 Å². The number of benzene rings is 1. The van der Waals surface area contributed by atoms with Crippen LogP contribution in [-0.2, 0) is 4.79 Å². The number of nitrogens with zero attached hydrogens (tertiary/aromatic N) is 2. The Kier molecular flexibility index (Phi) is 2.66. The smallest absolute Gasteiger partial charge is 0.332 e. The zero-order valence-corrected chi connectivity index (χ0v) is 10.6. The van der Waals surface area contributed by atoms with E-state index in [-0.39, 0.29) is 17.3 Å². The molecule has 0 radical (unpaired) electrons. The maximum absolute atomic E-state index is 12.2. The molecule has 1 aromatic carbocycles. The van der Waals surface area contributed by atoms with Gasteiger partial charge in [-0.15, -0.1) is 11.8 Å².